The summed E-state index contributed by atoms with van der Waals surface area (Å²) in [5, 5.41) is 7.82. The van der Waals surface area contributed by atoms with Crippen LogP contribution in [0.4, 0.5) is 5.82 Å². The number of nitrogens with zero attached hydrogens (tertiary/aromatic N) is 3. The quantitative estimate of drug-likeness (QED) is 0.466. The van der Waals surface area contributed by atoms with E-state index in [1.54, 1.807) is 4.90 Å². The molecular weight excluding hydrogens is 372 g/mol. The highest BCUT2D eigenvalue weighted by Crippen LogP contribution is 2.16. The zero-order valence-corrected chi connectivity index (χ0v) is 15.8. The van der Waals surface area contributed by atoms with Crippen LogP contribution < -0.4 is 11.5 Å². The van der Waals surface area contributed by atoms with Gasteiger partial charge in [0.2, 0.25) is 0 Å². The fourth-order valence-electron chi connectivity index (χ4n) is 3.17. The Morgan fingerprint density at radius 3 is 2.34 bits per heavy atom. The van der Waals surface area contributed by atoms with Gasteiger partial charge < -0.3 is 16.4 Å². The normalized spacial score (nSPS) is 14.4. The second-order valence-electron chi connectivity index (χ2n) is 6.78. The van der Waals surface area contributed by atoms with Crippen LogP contribution in [-0.4, -0.2) is 64.3 Å². The van der Waals surface area contributed by atoms with Crippen molar-refractivity contribution < 1.29 is 14.4 Å². The lowest BCUT2D eigenvalue weighted by molar-refractivity contribution is -0.132. The van der Waals surface area contributed by atoms with E-state index in [0.29, 0.717) is 13.1 Å². The first-order chi connectivity index (χ1) is 13.9. The molecule has 3 rings (SSSR count). The SMILES string of the molecule is N=C(C(=O)C(N)=O)c1cc(C(=O)N2CCN(Cc3ccccc3)CC2)cnc1N. The summed E-state index contributed by atoms with van der Waals surface area (Å²) in [7, 11) is 0. The van der Waals surface area contributed by atoms with E-state index in [0.717, 1.165) is 19.6 Å². The third kappa shape index (κ3) is 4.64. The highest BCUT2D eigenvalue weighted by molar-refractivity contribution is 6.67. The van der Waals surface area contributed by atoms with Crippen molar-refractivity contribution in [3.63, 3.8) is 0 Å². The molecule has 5 N–H and O–H groups in total. The summed E-state index contributed by atoms with van der Waals surface area (Å²) in [6.07, 6.45) is 1.31. The van der Waals surface area contributed by atoms with Crippen LogP contribution in [-0.2, 0) is 16.1 Å². The third-order valence-corrected chi connectivity index (χ3v) is 4.79. The molecule has 2 heterocycles. The minimum absolute atomic E-state index is 0.0811. The molecule has 29 heavy (non-hydrogen) atoms. The van der Waals surface area contributed by atoms with Gasteiger partial charge in [0.15, 0.2) is 0 Å². The lowest BCUT2D eigenvalue weighted by Gasteiger charge is -2.34. The molecular formula is C20H22N6O3. The predicted octanol–water partition coefficient (Wildman–Crippen LogP) is 0.0441. The molecule has 1 aliphatic rings. The fraction of sp³-hybridized carbons (Fsp3) is 0.250. The lowest BCUT2D eigenvalue weighted by atomic mass is 10.0. The Balaban J connectivity index is 1.67. The van der Waals surface area contributed by atoms with Crippen molar-refractivity contribution in [3.8, 4) is 0 Å². The number of nitrogen functional groups attached to an aromatic ring is 1. The number of ketones is 1. The van der Waals surface area contributed by atoms with E-state index in [9.17, 15) is 14.4 Å². The van der Waals surface area contributed by atoms with Crippen molar-refractivity contribution in [1.82, 2.24) is 14.8 Å². The molecule has 9 nitrogen and oxygen atoms in total. The van der Waals surface area contributed by atoms with Crippen molar-refractivity contribution >= 4 is 29.1 Å². The fourth-order valence-corrected chi connectivity index (χ4v) is 3.17. The monoisotopic (exact) mass is 394 g/mol. The van der Waals surface area contributed by atoms with Crippen molar-refractivity contribution in [2.75, 3.05) is 31.9 Å². The molecule has 0 atom stereocenters. The zero-order valence-electron chi connectivity index (χ0n) is 15.8. The first-order valence-corrected chi connectivity index (χ1v) is 9.11. The summed E-state index contributed by atoms with van der Waals surface area (Å²) in [6.45, 7) is 3.37. The van der Waals surface area contributed by atoms with Crippen LogP contribution in [0.3, 0.4) is 0 Å². The molecule has 1 aromatic heterocycles. The Bertz CT molecular complexity index is 952. The van der Waals surface area contributed by atoms with Gasteiger partial charge >= 0.3 is 0 Å². The number of Topliss-reactive ketones (excluding diaryl/α,β-unsaturated/α-hetero) is 1. The standard InChI is InChI=1S/C20H22N6O3/c21-16(17(27)19(23)28)15-10-14(11-24-18(15)22)20(29)26-8-6-25(7-9-26)12-13-4-2-1-3-5-13/h1-5,10-11,21H,6-9,12H2,(H2,22,24)(H2,23,28). The van der Waals surface area contributed by atoms with Gasteiger partial charge in [0.25, 0.3) is 17.6 Å². The Labute approximate surface area is 167 Å². The number of carbonyl (C=O) groups is 3. The van der Waals surface area contributed by atoms with Gasteiger partial charge in [-0.15, -0.1) is 0 Å². The molecule has 0 radical (unpaired) electrons. The molecule has 1 fully saturated rings. The number of aromatic nitrogens is 1. The number of carbonyl (C=O) groups excluding carboxylic acids is 3. The van der Waals surface area contributed by atoms with Crippen molar-refractivity contribution in [2.45, 2.75) is 6.54 Å². The Morgan fingerprint density at radius 1 is 1.07 bits per heavy atom. The maximum Gasteiger partial charge on any atom is 0.291 e. The van der Waals surface area contributed by atoms with Crippen LogP contribution in [0.2, 0.25) is 0 Å². The average molecular weight is 394 g/mol. The topological polar surface area (TPSA) is 146 Å². The number of anilines is 1. The zero-order chi connectivity index (χ0) is 21.0. The summed E-state index contributed by atoms with van der Waals surface area (Å²) in [6, 6.07) is 11.4. The largest absolute Gasteiger partial charge is 0.383 e. The molecule has 0 aliphatic carbocycles. The van der Waals surface area contributed by atoms with E-state index in [-0.39, 0.29) is 22.9 Å². The molecule has 1 aliphatic heterocycles. The van der Waals surface area contributed by atoms with Crippen LogP contribution >= 0.6 is 0 Å². The van der Waals surface area contributed by atoms with E-state index < -0.39 is 17.4 Å². The molecule has 150 valence electrons. The minimum atomic E-state index is -1.26. The number of benzene rings is 1. The van der Waals surface area contributed by atoms with Crippen LogP contribution in [0.25, 0.3) is 0 Å². The van der Waals surface area contributed by atoms with Crippen molar-refractivity contribution in [2.24, 2.45) is 5.73 Å². The molecule has 2 aromatic rings. The summed E-state index contributed by atoms with van der Waals surface area (Å²) in [4.78, 5) is 43.4. The van der Waals surface area contributed by atoms with Crippen LogP contribution in [0, 0.1) is 5.41 Å². The molecule has 0 spiro atoms. The van der Waals surface area contributed by atoms with E-state index in [4.69, 9.17) is 16.9 Å². The second kappa shape index (κ2) is 8.61. The van der Waals surface area contributed by atoms with Crippen LogP contribution in [0.1, 0.15) is 21.5 Å². The predicted molar refractivity (Wildman–Crippen MR) is 107 cm³/mol. The second-order valence-corrected chi connectivity index (χ2v) is 6.78. The minimum Gasteiger partial charge on any atom is -0.383 e. The number of piperazine rings is 1. The molecule has 2 amide bonds. The highest BCUT2D eigenvalue weighted by atomic mass is 16.2. The Morgan fingerprint density at radius 2 is 1.72 bits per heavy atom. The summed E-state index contributed by atoms with van der Waals surface area (Å²) in [5.41, 5.74) is 11.3. The summed E-state index contributed by atoms with van der Waals surface area (Å²) < 4.78 is 0. The summed E-state index contributed by atoms with van der Waals surface area (Å²) in [5.74, 6) is -2.83. The number of pyridine rings is 1. The maximum atomic E-state index is 12.8. The van der Waals surface area contributed by atoms with E-state index in [1.807, 2.05) is 18.2 Å². The van der Waals surface area contributed by atoms with Gasteiger partial charge in [-0.1, -0.05) is 30.3 Å². The lowest BCUT2D eigenvalue weighted by Crippen LogP contribution is -2.48. The van der Waals surface area contributed by atoms with Gasteiger partial charge in [-0.05, 0) is 11.6 Å². The molecule has 0 unspecified atom stereocenters. The number of primary amides is 1. The van der Waals surface area contributed by atoms with E-state index >= 15 is 0 Å². The molecule has 1 saturated heterocycles. The molecule has 0 bridgehead atoms. The first-order valence-electron chi connectivity index (χ1n) is 9.11. The van der Waals surface area contributed by atoms with Gasteiger partial charge in [-0.2, -0.15) is 0 Å². The molecule has 9 heteroatoms. The van der Waals surface area contributed by atoms with E-state index in [1.165, 1.54) is 17.8 Å². The number of rotatable bonds is 6. The molecule has 1 aromatic carbocycles. The summed E-state index contributed by atoms with van der Waals surface area (Å²) >= 11 is 0. The number of hydrogen-bond donors (Lipinski definition) is 3. The number of nitrogens with two attached hydrogens (primary N) is 2. The molecule has 0 saturated carbocycles. The average Bonchev–Trinajstić information content (AvgIpc) is 2.74. The number of hydrogen-bond acceptors (Lipinski definition) is 7. The number of nitrogens with one attached hydrogen (secondary N) is 1. The van der Waals surface area contributed by atoms with Gasteiger partial charge in [0.1, 0.15) is 11.5 Å². The van der Waals surface area contributed by atoms with E-state index in [2.05, 4.69) is 22.0 Å². The smallest absolute Gasteiger partial charge is 0.291 e. The van der Waals surface area contributed by atoms with Gasteiger partial charge in [0, 0.05) is 44.5 Å². The highest BCUT2D eigenvalue weighted by Gasteiger charge is 2.25. The van der Waals surface area contributed by atoms with Crippen LogP contribution in [0.5, 0.6) is 0 Å². The number of amides is 2. The first kappa shape index (κ1) is 20.2. The van der Waals surface area contributed by atoms with Gasteiger partial charge in [0.05, 0.1) is 5.56 Å². The van der Waals surface area contributed by atoms with Crippen LogP contribution in [0.15, 0.2) is 42.6 Å². The maximum absolute atomic E-state index is 12.8. The van der Waals surface area contributed by atoms with Gasteiger partial charge in [-0.25, -0.2) is 4.98 Å². The van der Waals surface area contributed by atoms with Crippen molar-refractivity contribution in [1.29, 1.82) is 5.41 Å². The van der Waals surface area contributed by atoms with Crippen molar-refractivity contribution in [3.05, 3.63) is 59.3 Å². The third-order valence-electron chi connectivity index (χ3n) is 4.79. The Kier molecular flexibility index (Phi) is 5.99. The van der Waals surface area contributed by atoms with Gasteiger partial charge in [-0.3, -0.25) is 24.7 Å². The Hall–Kier alpha value is -3.59.